The number of hydrogen-bond donors (Lipinski definition) is 3. The van der Waals surface area contributed by atoms with Crippen molar-refractivity contribution in [2.24, 2.45) is 5.41 Å². The highest BCUT2D eigenvalue weighted by atomic mass is 79.9. The van der Waals surface area contributed by atoms with Gasteiger partial charge in [0.05, 0.1) is 0 Å². The van der Waals surface area contributed by atoms with Gasteiger partial charge in [-0.1, -0.05) is 13.8 Å². The Labute approximate surface area is 114 Å². The number of aliphatic hydroxyl groups is 1. The second kappa shape index (κ2) is 6.15. The van der Waals surface area contributed by atoms with Crippen LogP contribution in [0.15, 0.2) is 16.7 Å². The molecule has 0 amide bonds. The Hall–Kier alpha value is -1.14. The molecule has 1 aromatic rings. The Morgan fingerprint density at radius 3 is 2.78 bits per heavy atom. The second-order valence-electron chi connectivity index (χ2n) is 4.85. The van der Waals surface area contributed by atoms with E-state index < -0.39 is 5.97 Å². The number of aliphatic hydroxyl groups excluding tert-OH is 1. The van der Waals surface area contributed by atoms with E-state index in [1.807, 2.05) is 13.8 Å². The van der Waals surface area contributed by atoms with Crippen molar-refractivity contribution >= 4 is 27.7 Å². The summed E-state index contributed by atoms with van der Waals surface area (Å²) in [6.45, 7) is 4.64. The van der Waals surface area contributed by atoms with Crippen molar-refractivity contribution in [1.29, 1.82) is 0 Å². The van der Waals surface area contributed by atoms with E-state index in [1.165, 1.54) is 6.07 Å². The van der Waals surface area contributed by atoms with Crippen LogP contribution in [0, 0.1) is 5.41 Å². The molecule has 18 heavy (non-hydrogen) atoms. The van der Waals surface area contributed by atoms with Crippen LogP contribution in [-0.4, -0.2) is 34.3 Å². The van der Waals surface area contributed by atoms with Gasteiger partial charge in [0.1, 0.15) is 11.4 Å². The molecule has 0 aliphatic heterocycles. The highest BCUT2D eigenvalue weighted by Crippen LogP contribution is 2.23. The molecule has 1 aromatic heterocycles. The Bertz CT molecular complexity index is 435. The van der Waals surface area contributed by atoms with Crippen LogP contribution in [-0.2, 0) is 0 Å². The predicted octanol–water partition coefficient (Wildman–Crippen LogP) is 2.36. The lowest BCUT2D eigenvalue weighted by Gasteiger charge is -2.24. The zero-order valence-corrected chi connectivity index (χ0v) is 12.0. The lowest BCUT2D eigenvalue weighted by atomic mass is 9.90. The lowest BCUT2D eigenvalue weighted by Crippen LogP contribution is -2.25. The Kier molecular flexibility index (Phi) is 5.10. The molecular formula is C12H17BrN2O3. The normalized spacial score (nSPS) is 11.3. The molecule has 3 N–H and O–H groups in total. The molecule has 0 spiro atoms. The Morgan fingerprint density at radius 2 is 2.22 bits per heavy atom. The van der Waals surface area contributed by atoms with Crippen LogP contribution in [0.1, 0.15) is 30.6 Å². The van der Waals surface area contributed by atoms with E-state index in [1.54, 1.807) is 6.20 Å². The molecule has 100 valence electrons. The molecule has 0 saturated heterocycles. The monoisotopic (exact) mass is 316 g/mol. The van der Waals surface area contributed by atoms with Crippen molar-refractivity contribution in [3.63, 3.8) is 0 Å². The van der Waals surface area contributed by atoms with E-state index >= 15 is 0 Å². The van der Waals surface area contributed by atoms with Gasteiger partial charge in [0.25, 0.3) is 0 Å². The number of nitrogens with zero attached hydrogens (tertiary/aromatic N) is 1. The maximum atomic E-state index is 11.1. The van der Waals surface area contributed by atoms with Crippen molar-refractivity contribution in [2.75, 3.05) is 18.5 Å². The average Bonchev–Trinajstić information content (AvgIpc) is 2.27. The van der Waals surface area contributed by atoms with Crippen LogP contribution >= 0.6 is 15.9 Å². The minimum Gasteiger partial charge on any atom is -0.478 e. The van der Waals surface area contributed by atoms with Crippen LogP contribution in [0.3, 0.4) is 0 Å². The smallest absolute Gasteiger partial charge is 0.339 e. The molecule has 1 rings (SSSR count). The quantitative estimate of drug-likeness (QED) is 0.750. The van der Waals surface area contributed by atoms with Crippen molar-refractivity contribution in [3.8, 4) is 0 Å². The van der Waals surface area contributed by atoms with Gasteiger partial charge in [-0.3, -0.25) is 0 Å². The number of anilines is 1. The van der Waals surface area contributed by atoms with Crippen LogP contribution in [0.2, 0.25) is 0 Å². The number of carboxylic acids is 1. The van der Waals surface area contributed by atoms with Gasteiger partial charge in [0.15, 0.2) is 0 Å². The Balaban J connectivity index is 2.82. The summed E-state index contributed by atoms with van der Waals surface area (Å²) >= 11 is 3.19. The maximum Gasteiger partial charge on any atom is 0.339 e. The fourth-order valence-corrected chi connectivity index (χ4v) is 1.79. The first-order chi connectivity index (χ1) is 8.35. The number of aromatic nitrogens is 1. The fraction of sp³-hybridized carbons (Fsp3) is 0.500. The van der Waals surface area contributed by atoms with E-state index in [0.29, 0.717) is 23.3 Å². The number of carbonyl (C=O) groups is 1. The third-order valence-corrected chi connectivity index (χ3v) is 3.04. The molecular weight excluding hydrogens is 300 g/mol. The summed E-state index contributed by atoms with van der Waals surface area (Å²) in [6, 6.07) is 1.51. The summed E-state index contributed by atoms with van der Waals surface area (Å²) in [5.41, 5.74) is 0.00315. The number of hydrogen-bond acceptors (Lipinski definition) is 4. The maximum absolute atomic E-state index is 11.1. The average molecular weight is 317 g/mol. The highest BCUT2D eigenvalue weighted by molar-refractivity contribution is 9.10. The van der Waals surface area contributed by atoms with Gasteiger partial charge in [-0.2, -0.15) is 0 Å². The number of rotatable bonds is 6. The number of carboxylic acid groups (broad SMARTS) is 1. The molecule has 0 radical (unpaired) electrons. The van der Waals surface area contributed by atoms with Crippen LogP contribution in [0.25, 0.3) is 0 Å². The topological polar surface area (TPSA) is 82.5 Å². The molecule has 0 aromatic carbocycles. The Morgan fingerprint density at radius 1 is 1.56 bits per heavy atom. The molecule has 0 aliphatic carbocycles. The van der Waals surface area contributed by atoms with Gasteiger partial charge < -0.3 is 15.5 Å². The van der Waals surface area contributed by atoms with Crippen molar-refractivity contribution < 1.29 is 15.0 Å². The van der Waals surface area contributed by atoms with E-state index in [4.69, 9.17) is 10.2 Å². The summed E-state index contributed by atoms with van der Waals surface area (Å²) in [7, 11) is 0. The van der Waals surface area contributed by atoms with Gasteiger partial charge in [-0.25, -0.2) is 9.78 Å². The summed E-state index contributed by atoms with van der Waals surface area (Å²) in [5.74, 6) is -0.678. The minimum atomic E-state index is -1.02. The summed E-state index contributed by atoms with van der Waals surface area (Å²) in [4.78, 5) is 15.1. The molecule has 0 aliphatic rings. The number of pyridine rings is 1. The number of halogens is 1. The van der Waals surface area contributed by atoms with E-state index in [9.17, 15) is 4.79 Å². The zero-order valence-electron chi connectivity index (χ0n) is 10.4. The van der Waals surface area contributed by atoms with Crippen LogP contribution in [0.5, 0.6) is 0 Å². The van der Waals surface area contributed by atoms with E-state index in [2.05, 4.69) is 26.2 Å². The zero-order chi connectivity index (χ0) is 13.8. The molecule has 1 heterocycles. The SMILES string of the molecule is CC(C)(CCO)CNc1ncc(Br)cc1C(=O)O. The summed E-state index contributed by atoms with van der Waals surface area (Å²) in [6.07, 6.45) is 2.19. The highest BCUT2D eigenvalue weighted by Gasteiger charge is 2.19. The second-order valence-corrected chi connectivity index (χ2v) is 5.76. The van der Waals surface area contributed by atoms with Crippen molar-refractivity contribution in [1.82, 2.24) is 4.98 Å². The third kappa shape index (κ3) is 4.27. The predicted molar refractivity (Wildman–Crippen MR) is 72.9 cm³/mol. The summed E-state index contributed by atoms with van der Waals surface area (Å²) in [5, 5.41) is 21.0. The summed E-state index contributed by atoms with van der Waals surface area (Å²) < 4.78 is 0.625. The van der Waals surface area contributed by atoms with Crippen molar-refractivity contribution in [2.45, 2.75) is 20.3 Å². The van der Waals surface area contributed by atoms with Crippen molar-refractivity contribution in [3.05, 3.63) is 22.3 Å². The first kappa shape index (κ1) is 14.9. The first-order valence-corrected chi connectivity index (χ1v) is 6.38. The standard InChI is InChI=1S/C12H17BrN2O3/c1-12(2,3-4-16)7-15-10-9(11(17)18)5-8(13)6-14-10/h5-6,16H,3-4,7H2,1-2H3,(H,14,15)(H,17,18). The van der Waals surface area contributed by atoms with Gasteiger partial charge in [0, 0.05) is 23.8 Å². The first-order valence-electron chi connectivity index (χ1n) is 5.59. The van der Waals surface area contributed by atoms with Crippen LogP contribution in [0.4, 0.5) is 5.82 Å². The minimum absolute atomic E-state index is 0.105. The third-order valence-electron chi connectivity index (χ3n) is 2.61. The molecule has 0 unspecified atom stereocenters. The van der Waals surface area contributed by atoms with Gasteiger partial charge in [-0.15, -0.1) is 0 Å². The molecule has 5 nitrogen and oxygen atoms in total. The fourth-order valence-electron chi connectivity index (χ4n) is 1.46. The molecule has 0 bridgehead atoms. The van der Waals surface area contributed by atoms with Gasteiger partial charge in [0.2, 0.25) is 0 Å². The van der Waals surface area contributed by atoms with E-state index in [0.717, 1.165) is 0 Å². The molecule has 0 fully saturated rings. The molecule has 0 saturated carbocycles. The van der Waals surface area contributed by atoms with Gasteiger partial charge >= 0.3 is 5.97 Å². The molecule has 0 atom stereocenters. The number of aromatic carboxylic acids is 1. The van der Waals surface area contributed by atoms with Gasteiger partial charge in [-0.05, 0) is 33.8 Å². The largest absolute Gasteiger partial charge is 0.478 e. The number of nitrogens with one attached hydrogen (secondary N) is 1. The lowest BCUT2D eigenvalue weighted by molar-refractivity contribution is 0.0697. The molecule has 6 heteroatoms. The van der Waals surface area contributed by atoms with Crippen LogP contribution < -0.4 is 5.32 Å². The van der Waals surface area contributed by atoms with E-state index in [-0.39, 0.29) is 17.6 Å².